The van der Waals surface area contributed by atoms with E-state index in [9.17, 15) is 9.59 Å². The standard InChI is InChI=1S/C17H24N2O3/c1-11(2)5-16(20)18-9-15-10-19(17(21)22-15)14-7-12(3)6-13(4)8-14/h6-8,11,15H,5,9-10H2,1-4H3,(H,18,20). The minimum Gasteiger partial charge on any atom is -0.442 e. The predicted octanol–water partition coefficient (Wildman–Crippen LogP) is 2.79. The number of amides is 2. The van der Waals surface area contributed by atoms with Crippen molar-refractivity contribution in [3.8, 4) is 0 Å². The van der Waals surface area contributed by atoms with Crippen molar-refractivity contribution in [2.45, 2.75) is 40.2 Å². The number of nitrogens with one attached hydrogen (secondary N) is 1. The summed E-state index contributed by atoms with van der Waals surface area (Å²) in [5.41, 5.74) is 3.06. The van der Waals surface area contributed by atoms with Gasteiger partial charge >= 0.3 is 6.09 Å². The van der Waals surface area contributed by atoms with E-state index < -0.39 is 0 Å². The molecule has 1 aliphatic heterocycles. The molecule has 1 aliphatic rings. The molecule has 5 heteroatoms. The second kappa shape index (κ2) is 6.81. The second-order valence-corrected chi connectivity index (χ2v) is 6.36. The van der Waals surface area contributed by atoms with Crippen molar-refractivity contribution < 1.29 is 14.3 Å². The third kappa shape index (κ3) is 4.23. The Bertz CT molecular complexity index is 549. The highest BCUT2D eigenvalue weighted by Crippen LogP contribution is 2.24. The number of aryl methyl sites for hydroxylation is 2. The average Bonchev–Trinajstić information content (AvgIpc) is 2.76. The maximum Gasteiger partial charge on any atom is 0.414 e. The number of carbonyl (C=O) groups is 2. The third-order valence-corrected chi connectivity index (χ3v) is 3.51. The second-order valence-electron chi connectivity index (χ2n) is 6.36. The van der Waals surface area contributed by atoms with Gasteiger partial charge in [0.2, 0.25) is 5.91 Å². The summed E-state index contributed by atoms with van der Waals surface area (Å²) in [6.07, 6.45) is -0.168. The van der Waals surface area contributed by atoms with Crippen LogP contribution in [-0.4, -0.2) is 31.2 Å². The molecule has 1 saturated heterocycles. The lowest BCUT2D eigenvalue weighted by Gasteiger charge is -2.15. The molecule has 5 nitrogen and oxygen atoms in total. The van der Waals surface area contributed by atoms with Crippen LogP contribution < -0.4 is 10.2 Å². The number of anilines is 1. The van der Waals surface area contributed by atoms with E-state index in [1.807, 2.05) is 39.8 Å². The molecule has 0 saturated carbocycles. The van der Waals surface area contributed by atoms with Crippen molar-refractivity contribution in [2.24, 2.45) is 5.92 Å². The molecule has 22 heavy (non-hydrogen) atoms. The number of benzene rings is 1. The molecule has 1 aromatic rings. The monoisotopic (exact) mass is 304 g/mol. The van der Waals surface area contributed by atoms with Crippen molar-refractivity contribution in [3.63, 3.8) is 0 Å². The first-order chi connectivity index (χ1) is 10.3. The van der Waals surface area contributed by atoms with E-state index >= 15 is 0 Å². The zero-order valence-electron chi connectivity index (χ0n) is 13.7. The highest BCUT2D eigenvalue weighted by atomic mass is 16.6. The van der Waals surface area contributed by atoms with Crippen LogP contribution in [0.15, 0.2) is 18.2 Å². The first kappa shape index (κ1) is 16.3. The molecule has 2 amide bonds. The van der Waals surface area contributed by atoms with E-state index in [1.54, 1.807) is 4.90 Å². The van der Waals surface area contributed by atoms with E-state index in [4.69, 9.17) is 4.74 Å². The summed E-state index contributed by atoms with van der Waals surface area (Å²) in [5, 5.41) is 2.83. The third-order valence-electron chi connectivity index (χ3n) is 3.51. The summed E-state index contributed by atoms with van der Waals surface area (Å²) in [4.78, 5) is 25.3. The summed E-state index contributed by atoms with van der Waals surface area (Å²) < 4.78 is 5.34. The first-order valence-corrected chi connectivity index (χ1v) is 7.68. The Morgan fingerprint density at radius 2 is 1.95 bits per heavy atom. The maximum absolute atomic E-state index is 12.0. The Balaban J connectivity index is 1.94. The van der Waals surface area contributed by atoms with E-state index in [2.05, 4.69) is 11.4 Å². The van der Waals surface area contributed by atoms with E-state index in [0.717, 1.165) is 16.8 Å². The van der Waals surface area contributed by atoms with Crippen molar-refractivity contribution in [3.05, 3.63) is 29.3 Å². The fourth-order valence-electron chi connectivity index (χ4n) is 2.62. The molecule has 2 rings (SSSR count). The molecule has 0 radical (unpaired) electrons. The summed E-state index contributed by atoms with van der Waals surface area (Å²) in [6, 6.07) is 6.00. The van der Waals surface area contributed by atoms with Crippen LogP contribution in [0.1, 0.15) is 31.4 Å². The van der Waals surface area contributed by atoms with Crippen LogP contribution in [0.25, 0.3) is 0 Å². The topological polar surface area (TPSA) is 58.6 Å². The maximum atomic E-state index is 12.0. The summed E-state index contributed by atoms with van der Waals surface area (Å²) in [6.45, 7) is 8.82. The van der Waals surface area contributed by atoms with Crippen LogP contribution in [0.3, 0.4) is 0 Å². The van der Waals surface area contributed by atoms with Gasteiger partial charge < -0.3 is 10.1 Å². The Labute approximate surface area is 131 Å². The van der Waals surface area contributed by atoms with Gasteiger partial charge in [-0.05, 0) is 43.0 Å². The fourth-order valence-corrected chi connectivity index (χ4v) is 2.62. The van der Waals surface area contributed by atoms with Gasteiger partial charge in [0.15, 0.2) is 0 Å². The van der Waals surface area contributed by atoms with Gasteiger partial charge in [0.25, 0.3) is 0 Å². The van der Waals surface area contributed by atoms with E-state index in [1.165, 1.54) is 0 Å². The molecule has 1 heterocycles. The minimum absolute atomic E-state index is 0.00380. The lowest BCUT2D eigenvalue weighted by Crippen LogP contribution is -2.35. The van der Waals surface area contributed by atoms with Crippen LogP contribution >= 0.6 is 0 Å². The molecule has 1 atom stereocenters. The van der Waals surface area contributed by atoms with Gasteiger partial charge in [-0.1, -0.05) is 19.9 Å². The summed E-state index contributed by atoms with van der Waals surface area (Å²) in [5.74, 6) is 0.314. The van der Waals surface area contributed by atoms with E-state index in [-0.39, 0.29) is 18.1 Å². The van der Waals surface area contributed by atoms with Crippen molar-refractivity contribution in [2.75, 3.05) is 18.0 Å². The number of nitrogens with zero attached hydrogens (tertiary/aromatic N) is 1. The van der Waals surface area contributed by atoms with Gasteiger partial charge in [0, 0.05) is 12.1 Å². The van der Waals surface area contributed by atoms with Crippen molar-refractivity contribution in [1.29, 1.82) is 0 Å². The molecule has 1 aromatic carbocycles. The lowest BCUT2D eigenvalue weighted by atomic mass is 10.1. The zero-order valence-corrected chi connectivity index (χ0v) is 13.7. The number of cyclic esters (lactones) is 1. The van der Waals surface area contributed by atoms with Crippen LogP contribution in [0.4, 0.5) is 10.5 Å². The van der Waals surface area contributed by atoms with Gasteiger partial charge in [-0.25, -0.2) is 4.79 Å². The van der Waals surface area contributed by atoms with Gasteiger partial charge in [0.05, 0.1) is 13.1 Å². The highest BCUT2D eigenvalue weighted by molar-refractivity contribution is 5.90. The molecule has 1 N–H and O–H groups in total. The summed E-state index contributed by atoms with van der Waals surface area (Å²) >= 11 is 0. The van der Waals surface area contributed by atoms with Gasteiger partial charge in [-0.15, -0.1) is 0 Å². The fraction of sp³-hybridized carbons (Fsp3) is 0.529. The number of rotatable bonds is 5. The highest BCUT2D eigenvalue weighted by Gasteiger charge is 2.32. The number of hydrogen-bond donors (Lipinski definition) is 1. The minimum atomic E-state index is -0.354. The number of ether oxygens (including phenoxy) is 1. The van der Waals surface area contributed by atoms with Gasteiger partial charge in [-0.3, -0.25) is 9.69 Å². The Kier molecular flexibility index (Phi) is 5.06. The molecule has 0 aromatic heterocycles. The van der Waals surface area contributed by atoms with Gasteiger partial charge in [0.1, 0.15) is 6.10 Å². The Morgan fingerprint density at radius 3 is 2.55 bits per heavy atom. The van der Waals surface area contributed by atoms with Crippen LogP contribution in [0, 0.1) is 19.8 Å². The van der Waals surface area contributed by atoms with Crippen molar-refractivity contribution >= 4 is 17.7 Å². The molecular formula is C17H24N2O3. The summed E-state index contributed by atoms with van der Waals surface area (Å²) in [7, 11) is 0. The van der Waals surface area contributed by atoms with Crippen LogP contribution in [-0.2, 0) is 9.53 Å². The van der Waals surface area contributed by atoms with Crippen LogP contribution in [0.2, 0.25) is 0 Å². The predicted molar refractivity (Wildman–Crippen MR) is 86.0 cm³/mol. The molecule has 1 unspecified atom stereocenters. The molecule has 0 bridgehead atoms. The SMILES string of the molecule is Cc1cc(C)cc(N2CC(CNC(=O)CC(C)C)OC2=O)c1. The molecule has 0 aliphatic carbocycles. The average molecular weight is 304 g/mol. The Morgan fingerprint density at radius 1 is 1.32 bits per heavy atom. The van der Waals surface area contributed by atoms with E-state index in [0.29, 0.717) is 25.4 Å². The largest absolute Gasteiger partial charge is 0.442 e. The normalized spacial score (nSPS) is 17.8. The quantitative estimate of drug-likeness (QED) is 0.910. The zero-order chi connectivity index (χ0) is 16.3. The smallest absolute Gasteiger partial charge is 0.414 e. The number of hydrogen-bond acceptors (Lipinski definition) is 3. The molecule has 120 valence electrons. The number of carbonyl (C=O) groups excluding carboxylic acids is 2. The van der Waals surface area contributed by atoms with Gasteiger partial charge in [-0.2, -0.15) is 0 Å². The molecule has 1 fully saturated rings. The van der Waals surface area contributed by atoms with Crippen LogP contribution in [0.5, 0.6) is 0 Å². The van der Waals surface area contributed by atoms with Crippen molar-refractivity contribution in [1.82, 2.24) is 5.32 Å². The Hall–Kier alpha value is -2.04. The molecule has 0 spiro atoms. The molecular weight excluding hydrogens is 280 g/mol. The lowest BCUT2D eigenvalue weighted by molar-refractivity contribution is -0.122. The first-order valence-electron chi connectivity index (χ1n) is 7.68.